The minimum atomic E-state index is 0.202. The molecule has 1 aliphatic heterocycles. The highest BCUT2D eigenvalue weighted by molar-refractivity contribution is 5.31. The lowest BCUT2D eigenvalue weighted by Crippen LogP contribution is -2.37. The van der Waals surface area contributed by atoms with Gasteiger partial charge in [0.05, 0.1) is 7.11 Å². The second kappa shape index (κ2) is 8.73. The maximum atomic E-state index is 5.28. The molecule has 26 heavy (non-hydrogen) atoms. The zero-order valence-electron chi connectivity index (χ0n) is 16.6. The summed E-state index contributed by atoms with van der Waals surface area (Å²) in [6.45, 7) is 8.40. The van der Waals surface area contributed by atoms with Crippen molar-refractivity contribution in [3.8, 4) is 5.75 Å². The average Bonchev–Trinajstić information content (AvgIpc) is 2.68. The standard InChI is InChI=1S/C24H33NO/c1-24(2,22-9-11-23(26-3)12-10-22)15-18-25-16-13-21(14-17-25)19-20-7-5-4-6-8-20/h4-12,21H,13-19H2,1-3H3. The molecule has 0 N–H and O–H groups in total. The first-order valence-corrected chi connectivity index (χ1v) is 9.97. The molecule has 2 nitrogen and oxygen atoms in total. The minimum Gasteiger partial charge on any atom is -0.497 e. The fourth-order valence-electron chi connectivity index (χ4n) is 3.99. The Kier molecular flexibility index (Phi) is 6.37. The van der Waals surface area contributed by atoms with Crippen LogP contribution in [-0.4, -0.2) is 31.6 Å². The van der Waals surface area contributed by atoms with Gasteiger partial charge in [0.2, 0.25) is 0 Å². The third-order valence-electron chi connectivity index (χ3n) is 6.00. The van der Waals surface area contributed by atoms with Gasteiger partial charge in [-0.1, -0.05) is 56.3 Å². The van der Waals surface area contributed by atoms with Gasteiger partial charge in [0.1, 0.15) is 5.75 Å². The van der Waals surface area contributed by atoms with Gasteiger partial charge in [0.25, 0.3) is 0 Å². The smallest absolute Gasteiger partial charge is 0.118 e. The van der Waals surface area contributed by atoms with E-state index in [-0.39, 0.29) is 5.41 Å². The summed E-state index contributed by atoms with van der Waals surface area (Å²) < 4.78 is 5.28. The lowest BCUT2D eigenvalue weighted by molar-refractivity contribution is 0.172. The summed E-state index contributed by atoms with van der Waals surface area (Å²) >= 11 is 0. The van der Waals surface area contributed by atoms with Crippen LogP contribution < -0.4 is 4.74 Å². The molecule has 0 atom stereocenters. The monoisotopic (exact) mass is 351 g/mol. The van der Waals surface area contributed by atoms with Crippen LogP contribution in [-0.2, 0) is 11.8 Å². The van der Waals surface area contributed by atoms with Crippen LogP contribution in [0.5, 0.6) is 5.75 Å². The topological polar surface area (TPSA) is 12.5 Å². The van der Waals surface area contributed by atoms with Crippen LogP contribution >= 0.6 is 0 Å². The largest absolute Gasteiger partial charge is 0.497 e. The minimum absolute atomic E-state index is 0.202. The van der Waals surface area contributed by atoms with Crippen molar-refractivity contribution >= 4 is 0 Å². The number of benzene rings is 2. The number of hydrogen-bond donors (Lipinski definition) is 0. The van der Waals surface area contributed by atoms with Gasteiger partial charge in [-0.25, -0.2) is 0 Å². The molecule has 1 aliphatic rings. The Morgan fingerprint density at radius 1 is 0.962 bits per heavy atom. The first-order chi connectivity index (χ1) is 12.6. The molecule has 0 saturated carbocycles. The van der Waals surface area contributed by atoms with Gasteiger partial charge in [0.15, 0.2) is 0 Å². The van der Waals surface area contributed by atoms with Crippen LogP contribution in [0, 0.1) is 5.92 Å². The molecule has 3 rings (SSSR count). The molecule has 1 saturated heterocycles. The zero-order valence-corrected chi connectivity index (χ0v) is 16.6. The van der Waals surface area contributed by atoms with Gasteiger partial charge in [-0.3, -0.25) is 0 Å². The van der Waals surface area contributed by atoms with Crippen LogP contribution in [0.15, 0.2) is 54.6 Å². The molecular weight excluding hydrogens is 318 g/mol. The van der Waals surface area contributed by atoms with Crippen LogP contribution in [0.3, 0.4) is 0 Å². The lowest BCUT2D eigenvalue weighted by atomic mass is 9.81. The molecule has 140 valence electrons. The fourth-order valence-corrected chi connectivity index (χ4v) is 3.99. The predicted octanol–water partition coefficient (Wildman–Crippen LogP) is 5.32. The Morgan fingerprint density at radius 3 is 2.23 bits per heavy atom. The molecule has 2 heteroatoms. The highest BCUT2D eigenvalue weighted by atomic mass is 16.5. The van der Waals surface area contributed by atoms with E-state index in [0.717, 1.165) is 11.7 Å². The number of hydrogen-bond acceptors (Lipinski definition) is 2. The van der Waals surface area contributed by atoms with Crippen molar-refractivity contribution in [2.24, 2.45) is 5.92 Å². The molecule has 1 fully saturated rings. The van der Waals surface area contributed by atoms with Crippen molar-refractivity contribution < 1.29 is 4.74 Å². The van der Waals surface area contributed by atoms with Gasteiger partial charge in [-0.15, -0.1) is 0 Å². The Hall–Kier alpha value is -1.80. The normalized spacial score (nSPS) is 16.6. The highest BCUT2D eigenvalue weighted by Gasteiger charge is 2.24. The van der Waals surface area contributed by atoms with E-state index >= 15 is 0 Å². The van der Waals surface area contributed by atoms with Crippen molar-refractivity contribution in [2.75, 3.05) is 26.7 Å². The third kappa shape index (κ3) is 5.11. The highest BCUT2D eigenvalue weighted by Crippen LogP contribution is 2.30. The van der Waals surface area contributed by atoms with Crippen molar-refractivity contribution in [1.29, 1.82) is 0 Å². The molecule has 0 aromatic heterocycles. The zero-order chi connectivity index (χ0) is 18.4. The molecule has 0 bridgehead atoms. The summed E-state index contributed by atoms with van der Waals surface area (Å²) in [6.07, 6.45) is 5.10. The van der Waals surface area contributed by atoms with Crippen LogP contribution in [0.2, 0.25) is 0 Å². The van der Waals surface area contributed by atoms with Crippen LogP contribution in [0.4, 0.5) is 0 Å². The second-order valence-corrected chi connectivity index (χ2v) is 8.34. The van der Waals surface area contributed by atoms with Gasteiger partial charge < -0.3 is 9.64 Å². The van der Waals surface area contributed by atoms with Gasteiger partial charge in [-0.05, 0) is 79.9 Å². The van der Waals surface area contributed by atoms with E-state index in [2.05, 4.69) is 73.3 Å². The van der Waals surface area contributed by atoms with Gasteiger partial charge >= 0.3 is 0 Å². The van der Waals surface area contributed by atoms with E-state index in [4.69, 9.17) is 4.74 Å². The van der Waals surface area contributed by atoms with Crippen LogP contribution in [0.25, 0.3) is 0 Å². The van der Waals surface area contributed by atoms with Gasteiger partial charge in [0, 0.05) is 0 Å². The lowest BCUT2D eigenvalue weighted by Gasteiger charge is -2.35. The molecule has 1 heterocycles. The van der Waals surface area contributed by atoms with Gasteiger partial charge in [-0.2, -0.15) is 0 Å². The predicted molar refractivity (Wildman–Crippen MR) is 110 cm³/mol. The summed E-state index contributed by atoms with van der Waals surface area (Å²) in [5.41, 5.74) is 3.09. The molecule has 0 amide bonds. The molecule has 0 unspecified atom stereocenters. The van der Waals surface area contributed by atoms with E-state index in [0.29, 0.717) is 0 Å². The van der Waals surface area contributed by atoms with Crippen molar-refractivity contribution in [3.05, 3.63) is 65.7 Å². The molecular formula is C24H33NO. The van der Waals surface area contributed by atoms with E-state index < -0.39 is 0 Å². The summed E-state index contributed by atoms with van der Waals surface area (Å²) in [5.74, 6) is 1.79. The number of nitrogens with zero attached hydrogens (tertiary/aromatic N) is 1. The third-order valence-corrected chi connectivity index (χ3v) is 6.00. The van der Waals surface area contributed by atoms with E-state index in [1.165, 1.54) is 56.4 Å². The van der Waals surface area contributed by atoms with E-state index in [1.807, 2.05) is 0 Å². The maximum Gasteiger partial charge on any atom is 0.118 e. The Labute approximate surface area is 159 Å². The second-order valence-electron chi connectivity index (χ2n) is 8.34. The number of methoxy groups -OCH3 is 1. The van der Waals surface area contributed by atoms with Crippen molar-refractivity contribution in [1.82, 2.24) is 4.90 Å². The summed E-state index contributed by atoms with van der Waals surface area (Å²) in [4.78, 5) is 2.66. The number of ether oxygens (including phenoxy) is 1. The average molecular weight is 352 g/mol. The Morgan fingerprint density at radius 2 is 1.62 bits per heavy atom. The summed E-state index contributed by atoms with van der Waals surface area (Å²) in [7, 11) is 1.72. The van der Waals surface area contributed by atoms with E-state index in [9.17, 15) is 0 Å². The Bertz CT molecular complexity index is 654. The number of likely N-dealkylation sites (tertiary alicyclic amines) is 1. The number of piperidine rings is 1. The van der Waals surface area contributed by atoms with Crippen molar-refractivity contribution in [2.45, 2.75) is 44.9 Å². The molecule has 0 spiro atoms. The molecule has 2 aromatic carbocycles. The first kappa shape index (κ1) is 19.0. The summed E-state index contributed by atoms with van der Waals surface area (Å²) in [6, 6.07) is 19.5. The molecule has 0 radical (unpaired) electrons. The summed E-state index contributed by atoms with van der Waals surface area (Å²) in [5, 5.41) is 0. The molecule has 2 aromatic rings. The first-order valence-electron chi connectivity index (χ1n) is 9.97. The number of rotatable bonds is 7. The Balaban J connectivity index is 1.45. The maximum absolute atomic E-state index is 5.28. The van der Waals surface area contributed by atoms with E-state index in [1.54, 1.807) is 7.11 Å². The van der Waals surface area contributed by atoms with Crippen LogP contribution in [0.1, 0.15) is 44.2 Å². The fraction of sp³-hybridized carbons (Fsp3) is 0.500. The van der Waals surface area contributed by atoms with Crippen molar-refractivity contribution in [3.63, 3.8) is 0 Å². The SMILES string of the molecule is COc1ccc(C(C)(C)CCN2CCC(Cc3ccccc3)CC2)cc1. The molecule has 0 aliphatic carbocycles. The quantitative estimate of drug-likeness (QED) is 0.669.